The zero-order chi connectivity index (χ0) is 45.8. The van der Waals surface area contributed by atoms with Crippen LogP contribution >= 0.6 is 37.9 Å². The molecule has 0 aromatic carbocycles. The fourth-order valence-corrected chi connectivity index (χ4v) is 16.4. The Morgan fingerprint density at radius 1 is 0.371 bits per heavy atom. The van der Waals surface area contributed by atoms with Gasteiger partial charge in [-0.05, 0) is 19.3 Å². The van der Waals surface area contributed by atoms with Crippen LogP contribution in [-0.4, -0.2) is 89.9 Å². The molecule has 0 saturated carbocycles. The third-order valence-electron chi connectivity index (χ3n) is 12.1. The quantitative estimate of drug-likeness (QED) is 0.0200. The van der Waals surface area contributed by atoms with E-state index in [1.807, 2.05) is 6.92 Å². The second kappa shape index (κ2) is 46.3. The Morgan fingerprint density at radius 3 is 0.774 bits per heavy atom. The monoisotopic (exact) mass is 1040 g/mol. The summed E-state index contributed by atoms with van der Waals surface area (Å²) in [5.41, 5.74) is 0. The van der Waals surface area contributed by atoms with E-state index in [2.05, 4.69) is 37.9 Å². The second-order valence-corrected chi connectivity index (χ2v) is 26.0. The van der Waals surface area contributed by atoms with Gasteiger partial charge in [0, 0.05) is 19.8 Å². The smallest absolute Gasteiger partial charge is 0.396 e. The van der Waals surface area contributed by atoms with Crippen molar-refractivity contribution in [2.45, 2.75) is 236 Å². The van der Waals surface area contributed by atoms with E-state index >= 15 is 0 Å². The Balaban J connectivity index is 5.60. The fourth-order valence-electron chi connectivity index (χ4n) is 7.92. The Hall–Kier alpha value is 0.139. The molecule has 3 atom stereocenters. The van der Waals surface area contributed by atoms with Crippen LogP contribution in [0.5, 0.6) is 0 Å². The van der Waals surface area contributed by atoms with E-state index in [9.17, 15) is 14.4 Å². The summed E-state index contributed by atoms with van der Waals surface area (Å²) < 4.78 is 19.3. The predicted octanol–water partition coefficient (Wildman–Crippen LogP) is 12.8. The molecule has 0 radical (unpaired) electrons. The van der Waals surface area contributed by atoms with Crippen molar-refractivity contribution in [3.63, 3.8) is 0 Å². The minimum Gasteiger partial charge on any atom is -0.396 e. The summed E-state index contributed by atoms with van der Waals surface area (Å²) in [6, 6.07) is 0. The minimum absolute atomic E-state index is 0.256. The Morgan fingerprint density at radius 2 is 0.581 bits per heavy atom. The molecule has 0 aliphatic carbocycles. The third-order valence-corrected chi connectivity index (χ3v) is 20.6. The molecular formula is C49H96O9S3Sn. The van der Waals surface area contributed by atoms with Gasteiger partial charge in [0.15, 0.2) is 0 Å². The number of carbonyl (C=O) groups excluding carboxylic acids is 3. The van der Waals surface area contributed by atoms with Gasteiger partial charge in [0.1, 0.15) is 0 Å². The van der Waals surface area contributed by atoms with Gasteiger partial charge in [-0.15, -0.1) is 0 Å². The summed E-state index contributed by atoms with van der Waals surface area (Å²) >= 11 is 8.45. The summed E-state index contributed by atoms with van der Waals surface area (Å²) in [7, 11) is 0. The molecule has 3 unspecified atom stereocenters. The number of hydrogen-bond acceptors (Lipinski definition) is 12. The van der Waals surface area contributed by atoms with E-state index in [1.54, 1.807) is 0 Å². The number of thiol groups is 3. The second-order valence-electron chi connectivity index (χ2n) is 17.8. The predicted molar refractivity (Wildman–Crippen MR) is 269 cm³/mol. The number of carbonyl (C=O) groups is 3. The van der Waals surface area contributed by atoms with Crippen LogP contribution < -0.4 is 0 Å². The first-order chi connectivity index (χ1) is 30.3. The number of rotatable bonds is 48. The van der Waals surface area contributed by atoms with Crippen LogP contribution in [-0.2, 0) is 23.6 Å². The van der Waals surface area contributed by atoms with E-state index in [0.29, 0.717) is 42.9 Å². The number of aliphatic hydroxyl groups excluding tert-OH is 3. The van der Waals surface area contributed by atoms with Crippen molar-refractivity contribution < 1.29 is 38.9 Å². The summed E-state index contributed by atoms with van der Waals surface area (Å²) in [6.07, 6.45) is 36.0. The maximum atomic E-state index is 14.0. The van der Waals surface area contributed by atoms with Gasteiger partial charge in [-0.25, -0.2) is 0 Å². The molecule has 3 N–H and O–H groups in total. The SMILES string of the molecule is CCC[CH2][Sn]([O]C(=O)C(CS)CCCCCCCCCCCCO)([O]C(=O)C(CS)CCCCCCCCCCCCO)[O]C(=O)C(CS)CCCCCCCCCCCCO. The van der Waals surface area contributed by atoms with Gasteiger partial charge < -0.3 is 15.3 Å². The van der Waals surface area contributed by atoms with Gasteiger partial charge >= 0.3 is 332 Å². The molecule has 0 amide bonds. The van der Waals surface area contributed by atoms with E-state index in [4.69, 9.17) is 24.5 Å². The molecule has 0 saturated heterocycles. The van der Waals surface area contributed by atoms with Gasteiger partial charge in [0.2, 0.25) is 0 Å². The average molecular weight is 1040 g/mol. The zero-order valence-electron chi connectivity index (χ0n) is 39.6. The molecule has 0 bridgehead atoms. The Bertz CT molecular complexity index is 910. The molecule has 0 spiro atoms. The van der Waals surface area contributed by atoms with Crippen molar-refractivity contribution in [1.82, 2.24) is 0 Å². The van der Waals surface area contributed by atoms with Gasteiger partial charge in [0.25, 0.3) is 0 Å². The molecule has 0 heterocycles. The van der Waals surface area contributed by atoms with Crippen LogP contribution in [0.3, 0.4) is 0 Å². The third kappa shape index (κ3) is 35.3. The first-order valence-electron chi connectivity index (χ1n) is 25.6. The zero-order valence-corrected chi connectivity index (χ0v) is 45.1. The molecule has 13 heteroatoms. The van der Waals surface area contributed by atoms with Gasteiger partial charge in [0.05, 0.1) is 0 Å². The molecule has 0 aromatic heterocycles. The molecular weight excluding hydrogens is 947 g/mol. The molecule has 0 fully saturated rings. The maximum absolute atomic E-state index is 14.0. The van der Waals surface area contributed by atoms with E-state index in [0.717, 1.165) is 122 Å². The summed E-state index contributed by atoms with van der Waals surface area (Å²) in [5.74, 6) is -1.96. The average Bonchev–Trinajstić information content (AvgIpc) is 3.26. The summed E-state index contributed by atoms with van der Waals surface area (Å²) in [5, 5.41) is 26.9. The standard InChI is InChI=1S/3C15H30O3S.C4H9.Sn/c3*16-12-10-8-6-4-2-1-3-5-7-9-11-14(13-19)15(17)18;1-3-4-2;/h3*14,16,19H,1-13H2,(H,17,18);1,3-4H2,2H3;/q;;;;+3/p-3. The summed E-state index contributed by atoms with van der Waals surface area (Å²) in [4.78, 5) is 42.0. The van der Waals surface area contributed by atoms with Crippen LogP contribution in [0, 0.1) is 17.8 Å². The van der Waals surface area contributed by atoms with Crippen molar-refractivity contribution in [1.29, 1.82) is 0 Å². The van der Waals surface area contributed by atoms with E-state index < -0.39 is 55.3 Å². The number of aliphatic hydroxyl groups is 3. The number of unbranched alkanes of at least 4 members (excludes halogenated alkanes) is 28. The van der Waals surface area contributed by atoms with Crippen LogP contribution in [0.2, 0.25) is 4.44 Å². The van der Waals surface area contributed by atoms with Crippen LogP contribution in [0.4, 0.5) is 0 Å². The van der Waals surface area contributed by atoms with Gasteiger partial charge in [-0.1, -0.05) is 19.3 Å². The normalized spacial score (nSPS) is 14.0. The summed E-state index contributed by atoms with van der Waals surface area (Å²) in [6.45, 7) is 2.85. The van der Waals surface area contributed by atoms with Gasteiger partial charge in [-0.3, -0.25) is 0 Å². The molecule has 0 aromatic rings. The Labute approximate surface area is 402 Å². The minimum atomic E-state index is -5.21. The van der Waals surface area contributed by atoms with E-state index in [1.165, 1.54) is 77.0 Å². The van der Waals surface area contributed by atoms with Crippen LogP contribution in [0.15, 0.2) is 0 Å². The molecule has 0 aliphatic rings. The first-order valence-corrected chi connectivity index (χ1v) is 33.0. The van der Waals surface area contributed by atoms with Crippen LogP contribution in [0.1, 0.15) is 232 Å². The van der Waals surface area contributed by atoms with Crippen LogP contribution in [0.25, 0.3) is 0 Å². The molecule has 0 rings (SSSR count). The topological polar surface area (TPSA) is 140 Å². The molecule has 9 nitrogen and oxygen atoms in total. The first kappa shape index (κ1) is 62.1. The Kier molecular flexibility index (Phi) is 46.4. The van der Waals surface area contributed by atoms with Crippen molar-refractivity contribution in [2.75, 3.05) is 37.1 Å². The molecule has 368 valence electrons. The molecule has 62 heavy (non-hydrogen) atoms. The van der Waals surface area contributed by atoms with E-state index in [-0.39, 0.29) is 24.3 Å². The van der Waals surface area contributed by atoms with Crippen molar-refractivity contribution in [3.05, 3.63) is 0 Å². The van der Waals surface area contributed by atoms with Gasteiger partial charge in [-0.2, -0.15) is 0 Å². The van der Waals surface area contributed by atoms with Crippen molar-refractivity contribution in [3.8, 4) is 0 Å². The number of hydrogen-bond donors (Lipinski definition) is 6. The molecule has 0 aliphatic heterocycles. The van der Waals surface area contributed by atoms with Crippen molar-refractivity contribution >= 4 is 75.4 Å². The fraction of sp³-hybridized carbons (Fsp3) is 0.939. The van der Waals surface area contributed by atoms with Crippen molar-refractivity contribution in [2.24, 2.45) is 17.8 Å².